The van der Waals surface area contributed by atoms with Crippen LogP contribution >= 0.6 is 0 Å². The molecule has 0 saturated heterocycles. The average Bonchev–Trinajstić information content (AvgIpc) is 2.21. The number of unbranched alkanes of at least 4 members (excludes halogenated alkanes) is 3. The maximum atomic E-state index is 10.9. The van der Waals surface area contributed by atoms with E-state index in [9.17, 15) is 4.79 Å². The molecule has 0 N–H and O–H groups in total. The lowest BCUT2D eigenvalue weighted by Gasteiger charge is -2.06. The lowest BCUT2D eigenvalue weighted by molar-refractivity contribution is -0.114. The van der Waals surface area contributed by atoms with Gasteiger partial charge in [0.05, 0.1) is 6.10 Å². The standard InChI is InChI=1S/C13H24O2/c1-4-13(14)10-8-6-5-7-9-11-15-12(2)3/h8,10,12H,4-7,9,11H2,1-3H3/b10-8+. The van der Waals surface area contributed by atoms with Crippen LogP contribution in [-0.2, 0) is 9.53 Å². The molecule has 0 aromatic rings. The van der Waals surface area contributed by atoms with Gasteiger partial charge in [0.15, 0.2) is 5.78 Å². The van der Waals surface area contributed by atoms with E-state index in [1.807, 2.05) is 13.0 Å². The van der Waals surface area contributed by atoms with Crippen LogP contribution in [0.3, 0.4) is 0 Å². The van der Waals surface area contributed by atoms with Gasteiger partial charge in [-0.05, 0) is 39.2 Å². The van der Waals surface area contributed by atoms with E-state index in [1.54, 1.807) is 6.08 Å². The highest BCUT2D eigenvalue weighted by atomic mass is 16.5. The van der Waals surface area contributed by atoms with Crippen molar-refractivity contribution in [3.63, 3.8) is 0 Å². The van der Waals surface area contributed by atoms with Crippen molar-refractivity contribution in [1.82, 2.24) is 0 Å². The fraction of sp³-hybridized carbons (Fsp3) is 0.769. The average molecular weight is 212 g/mol. The molecule has 88 valence electrons. The minimum absolute atomic E-state index is 0.221. The molecule has 0 aliphatic carbocycles. The van der Waals surface area contributed by atoms with Crippen molar-refractivity contribution in [2.75, 3.05) is 6.61 Å². The lowest BCUT2D eigenvalue weighted by Crippen LogP contribution is -2.03. The fourth-order valence-corrected chi connectivity index (χ4v) is 1.19. The van der Waals surface area contributed by atoms with Crippen molar-refractivity contribution >= 4 is 5.78 Å². The summed E-state index contributed by atoms with van der Waals surface area (Å²) in [4.78, 5) is 10.9. The molecule has 0 radical (unpaired) electrons. The maximum Gasteiger partial charge on any atom is 0.155 e. The summed E-state index contributed by atoms with van der Waals surface area (Å²) in [5, 5.41) is 0. The zero-order chi connectivity index (χ0) is 11.5. The molecule has 0 aliphatic rings. The van der Waals surface area contributed by atoms with Gasteiger partial charge in [0.1, 0.15) is 0 Å². The Labute approximate surface area is 93.7 Å². The highest BCUT2D eigenvalue weighted by molar-refractivity contribution is 5.89. The van der Waals surface area contributed by atoms with Gasteiger partial charge >= 0.3 is 0 Å². The largest absolute Gasteiger partial charge is 0.379 e. The van der Waals surface area contributed by atoms with Crippen LogP contribution in [0.2, 0.25) is 0 Å². The number of hydrogen-bond acceptors (Lipinski definition) is 2. The Kier molecular flexibility index (Phi) is 9.49. The van der Waals surface area contributed by atoms with Crippen molar-refractivity contribution in [3.8, 4) is 0 Å². The summed E-state index contributed by atoms with van der Waals surface area (Å²) in [6.07, 6.45) is 9.08. The van der Waals surface area contributed by atoms with Crippen molar-refractivity contribution in [2.45, 2.75) is 59.0 Å². The molecule has 0 spiro atoms. The van der Waals surface area contributed by atoms with E-state index in [0.717, 1.165) is 25.9 Å². The van der Waals surface area contributed by atoms with Crippen LogP contribution in [0.1, 0.15) is 52.9 Å². The normalized spacial score (nSPS) is 11.5. The maximum absolute atomic E-state index is 10.9. The quantitative estimate of drug-likeness (QED) is 0.432. The Morgan fingerprint density at radius 1 is 1.27 bits per heavy atom. The number of rotatable bonds is 9. The minimum atomic E-state index is 0.221. The van der Waals surface area contributed by atoms with Gasteiger partial charge in [-0.3, -0.25) is 4.79 Å². The van der Waals surface area contributed by atoms with Crippen LogP contribution in [0, 0.1) is 0 Å². The molecule has 0 aromatic carbocycles. The van der Waals surface area contributed by atoms with E-state index >= 15 is 0 Å². The molecular weight excluding hydrogens is 188 g/mol. The topological polar surface area (TPSA) is 26.3 Å². The summed E-state index contributed by atoms with van der Waals surface area (Å²) < 4.78 is 5.43. The third-order valence-corrected chi connectivity index (χ3v) is 2.12. The van der Waals surface area contributed by atoms with Gasteiger partial charge in [0.2, 0.25) is 0 Å². The van der Waals surface area contributed by atoms with E-state index in [-0.39, 0.29) is 5.78 Å². The van der Waals surface area contributed by atoms with Crippen molar-refractivity contribution in [2.24, 2.45) is 0 Å². The van der Waals surface area contributed by atoms with Crippen LogP contribution in [0.5, 0.6) is 0 Å². The van der Waals surface area contributed by atoms with Gasteiger partial charge in [0.25, 0.3) is 0 Å². The van der Waals surface area contributed by atoms with Crippen LogP contribution < -0.4 is 0 Å². The Morgan fingerprint density at radius 3 is 2.60 bits per heavy atom. The van der Waals surface area contributed by atoms with Gasteiger partial charge in [-0.15, -0.1) is 0 Å². The van der Waals surface area contributed by atoms with E-state index in [1.165, 1.54) is 6.42 Å². The fourth-order valence-electron chi connectivity index (χ4n) is 1.19. The summed E-state index contributed by atoms with van der Waals surface area (Å²) in [6, 6.07) is 0. The Bertz CT molecular complexity index is 183. The zero-order valence-corrected chi connectivity index (χ0v) is 10.3. The highest BCUT2D eigenvalue weighted by Gasteiger charge is 1.93. The molecule has 0 heterocycles. The number of ketones is 1. The van der Waals surface area contributed by atoms with Crippen LogP contribution in [-0.4, -0.2) is 18.5 Å². The first-order valence-electron chi connectivity index (χ1n) is 5.97. The van der Waals surface area contributed by atoms with Gasteiger partial charge in [-0.2, -0.15) is 0 Å². The second-order valence-electron chi connectivity index (χ2n) is 3.99. The molecule has 0 aromatic heterocycles. The van der Waals surface area contributed by atoms with Crippen molar-refractivity contribution in [3.05, 3.63) is 12.2 Å². The molecule has 0 saturated carbocycles. The van der Waals surface area contributed by atoms with E-state index in [4.69, 9.17) is 4.74 Å². The molecule has 0 aliphatic heterocycles. The first-order chi connectivity index (χ1) is 7.16. The number of carbonyl (C=O) groups excluding carboxylic acids is 1. The van der Waals surface area contributed by atoms with Crippen molar-refractivity contribution in [1.29, 1.82) is 0 Å². The molecule has 0 bridgehead atoms. The Morgan fingerprint density at radius 2 is 2.00 bits per heavy atom. The molecule has 0 rings (SSSR count). The predicted octanol–water partition coefficient (Wildman–Crippen LogP) is 3.51. The van der Waals surface area contributed by atoms with E-state index < -0.39 is 0 Å². The Hall–Kier alpha value is -0.630. The molecule has 2 heteroatoms. The number of allylic oxidation sites excluding steroid dienone is 2. The van der Waals surface area contributed by atoms with E-state index in [0.29, 0.717) is 12.5 Å². The SMILES string of the molecule is CCC(=O)/C=C/CCCCCOC(C)C. The second-order valence-corrected chi connectivity index (χ2v) is 3.99. The highest BCUT2D eigenvalue weighted by Crippen LogP contribution is 2.02. The second kappa shape index (κ2) is 9.91. The third kappa shape index (κ3) is 11.3. The first-order valence-corrected chi connectivity index (χ1v) is 5.97. The van der Waals surface area contributed by atoms with Crippen LogP contribution in [0.25, 0.3) is 0 Å². The summed E-state index contributed by atoms with van der Waals surface area (Å²) in [7, 11) is 0. The minimum Gasteiger partial charge on any atom is -0.379 e. The summed E-state index contributed by atoms with van der Waals surface area (Å²) in [5.41, 5.74) is 0. The summed E-state index contributed by atoms with van der Waals surface area (Å²) in [5.74, 6) is 0.221. The smallest absolute Gasteiger partial charge is 0.155 e. The molecular formula is C13H24O2. The van der Waals surface area contributed by atoms with Crippen LogP contribution in [0.15, 0.2) is 12.2 Å². The summed E-state index contributed by atoms with van der Waals surface area (Å²) in [6.45, 7) is 6.85. The molecule has 0 fully saturated rings. The van der Waals surface area contributed by atoms with E-state index in [2.05, 4.69) is 13.8 Å². The van der Waals surface area contributed by atoms with Gasteiger partial charge < -0.3 is 4.74 Å². The molecule has 0 atom stereocenters. The first kappa shape index (κ1) is 14.4. The molecule has 0 unspecified atom stereocenters. The van der Waals surface area contributed by atoms with Gasteiger partial charge in [-0.1, -0.05) is 19.4 Å². The lowest BCUT2D eigenvalue weighted by atomic mass is 10.2. The third-order valence-electron chi connectivity index (χ3n) is 2.12. The number of ether oxygens (including phenoxy) is 1. The number of hydrogen-bond donors (Lipinski definition) is 0. The van der Waals surface area contributed by atoms with Crippen LogP contribution in [0.4, 0.5) is 0 Å². The van der Waals surface area contributed by atoms with Gasteiger partial charge in [0, 0.05) is 13.0 Å². The molecule has 15 heavy (non-hydrogen) atoms. The van der Waals surface area contributed by atoms with Gasteiger partial charge in [-0.25, -0.2) is 0 Å². The zero-order valence-electron chi connectivity index (χ0n) is 10.3. The Balaban J connectivity index is 3.18. The molecule has 0 amide bonds. The monoisotopic (exact) mass is 212 g/mol. The predicted molar refractivity (Wildman–Crippen MR) is 64.0 cm³/mol. The molecule has 2 nitrogen and oxygen atoms in total. The van der Waals surface area contributed by atoms with Crippen molar-refractivity contribution < 1.29 is 9.53 Å². The number of carbonyl (C=O) groups is 1. The summed E-state index contributed by atoms with van der Waals surface area (Å²) >= 11 is 0.